The van der Waals surface area contributed by atoms with Gasteiger partial charge in [0.2, 0.25) is 0 Å². The van der Waals surface area contributed by atoms with Gasteiger partial charge in [-0.1, -0.05) is 6.07 Å². The van der Waals surface area contributed by atoms with Gasteiger partial charge >= 0.3 is 5.97 Å². The minimum Gasteiger partial charge on any atom is -0.508 e. The molecule has 1 aliphatic carbocycles. The summed E-state index contributed by atoms with van der Waals surface area (Å²) in [5.74, 6) is -0.304. The van der Waals surface area contributed by atoms with Crippen LogP contribution in [0, 0.1) is 11.6 Å². The van der Waals surface area contributed by atoms with Crippen molar-refractivity contribution in [3.8, 4) is 28.7 Å². The highest BCUT2D eigenvalue weighted by molar-refractivity contribution is 5.71. The molecule has 0 bridgehead atoms. The summed E-state index contributed by atoms with van der Waals surface area (Å²) in [6, 6.07) is 11.7. The maximum atomic E-state index is 14.8. The number of halogens is 2. The molecule has 0 aromatic heterocycles. The number of aromatic hydroxyl groups is 1. The van der Waals surface area contributed by atoms with E-state index in [1.165, 1.54) is 31.4 Å². The van der Waals surface area contributed by atoms with E-state index >= 15 is 0 Å². The van der Waals surface area contributed by atoms with Crippen LogP contribution < -0.4 is 14.2 Å². The van der Waals surface area contributed by atoms with Gasteiger partial charge in [0.15, 0.2) is 11.6 Å². The smallest absolute Gasteiger partial charge is 0.306 e. The van der Waals surface area contributed by atoms with Crippen molar-refractivity contribution in [1.29, 1.82) is 0 Å². The van der Waals surface area contributed by atoms with Gasteiger partial charge in [0.1, 0.15) is 34.9 Å². The molecule has 0 spiro atoms. The highest BCUT2D eigenvalue weighted by atomic mass is 19.1. The molecule has 176 valence electrons. The first-order chi connectivity index (χ1) is 16.4. The second-order valence-electron chi connectivity index (χ2n) is 8.29. The first-order valence-corrected chi connectivity index (χ1v) is 10.9. The van der Waals surface area contributed by atoms with Gasteiger partial charge in [-0.25, -0.2) is 8.78 Å². The summed E-state index contributed by atoms with van der Waals surface area (Å²) in [6.07, 6.45) is 0.701. The van der Waals surface area contributed by atoms with Gasteiger partial charge in [-0.15, -0.1) is 0 Å². The van der Waals surface area contributed by atoms with Crippen molar-refractivity contribution in [1.82, 2.24) is 0 Å². The molecule has 3 aromatic carbocycles. The average molecular weight is 468 g/mol. The quantitative estimate of drug-likeness (QED) is 0.477. The molecule has 0 amide bonds. The lowest BCUT2D eigenvalue weighted by molar-refractivity contribution is -0.141. The number of carbonyl (C=O) groups excluding carboxylic acids is 1. The lowest BCUT2D eigenvalue weighted by Gasteiger charge is -2.17. The molecule has 6 nitrogen and oxygen atoms in total. The van der Waals surface area contributed by atoms with Crippen LogP contribution in [0.15, 0.2) is 48.5 Å². The van der Waals surface area contributed by atoms with E-state index in [-0.39, 0.29) is 29.8 Å². The van der Waals surface area contributed by atoms with Crippen LogP contribution >= 0.6 is 0 Å². The molecule has 5 rings (SSSR count). The van der Waals surface area contributed by atoms with E-state index < -0.39 is 17.7 Å². The third-order valence-electron chi connectivity index (χ3n) is 6.16. The lowest BCUT2D eigenvalue weighted by Crippen LogP contribution is -2.09. The molecule has 0 saturated heterocycles. The second-order valence-corrected chi connectivity index (χ2v) is 8.29. The molecule has 0 unspecified atom stereocenters. The molecule has 8 heteroatoms. The van der Waals surface area contributed by atoms with E-state index in [4.69, 9.17) is 18.9 Å². The summed E-state index contributed by atoms with van der Waals surface area (Å²) >= 11 is 0. The fourth-order valence-corrected chi connectivity index (χ4v) is 4.49. The standard InChI is InChI=1S/C26H22F2O6/c1-31-25(30)10-14-13-32-24-12-16(3-4-17(14)24)33-23-8-5-18-21(9-6-19(27)26(18)23)34-22-7-2-15(29)11-20(22)28/h2-4,6-7,9,11-12,14,23,29H,5,8,10,13H2,1H3/t14-,23-/m1/s1. The van der Waals surface area contributed by atoms with Crippen LogP contribution in [0.4, 0.5) is 8.78 Å². The predicted octanol–water partition coefficient (Wildman–Crippen LogP) is 5.57. The summed E-state index contributed by atoms with van der Waals surface area (Å²) < 4.78 is 51.2. The first kappa shape index (κ1) is 22.0. The molecule has 2 aliphatic rings. The number of ether oxygens (including phenoxy) is 4. The summed E-state index contributed by atoms with van der Waals surface area (Å²) in [6.45, 7) is 0.378. The molecule has 0 fully saturated rings. The maximum Gasteiger partial charge on any atom is 0.306 e. The number of phenols is 1. The Morgan fingerprint density at radius 1 is 1.09 bits per heavy atom. The van der Waals surface area contributed by atoms with Gasteiger partial charge in [-0.2, -0.15) is 0 Å². The molecule has 2 atom stereocenters. The van der Waals surface area contributed by atoms with E-state index in [1.807, 2.05) is 6.07 Å². The largest absolute Gasteiger partial charge is 0.508 e. The average Bonchev–Trinajstić information content (AvgIpc) is 3.42. The summed E-state index contributed by atoms with van der Waals surface area (Å²) in [7, 11) is 1.35. The zero-order valence-corrected chi connectivity index (χ0v) is 18.3. The van der Waals surface area contributed by atoms with Gasteiger partial charge in [-0.3, -0.25) is 4.79 Å². The Morgan fingerprint density at radius 2 is 1.91 bits per heavy atom. The number of benzene rings is 3. The number of carbonyl (C=O) groups is 1. The van der Waals surface area contributed by atoms with Gasteiger partial charge in [-0.05, 0) is 43.2 Å². The zero-order chi connectivity index (χ0) is 23.8. The molecule has 1 aliphatic heterocycles. The minimum absolute atomic E-state index is 0.0618. The number of hydrogen-bond donors (Lipinski definition) is 1. The number of esters is 1. The second kappa shape index (κ2) is 8.85. The highest BCUT2D eigenvalue weighted by Gasteiger charge is 2.32. The molecule has 1 N–H and O–H groups in total. The first-order valence-electron chi connectivity index (χ1n) is 10.9. The normalized spacial score (nSPS) is 18.1. The van der Waals surface area contributed by atoms with Crippen LogP contribution in [0.5, 0.6) is 28.7 Å². The third-order valence-corrected chi connectivity index (χ3v) is 6.16. The van der Waals surface area contributed by atoms with Gasteiger partial charge in [0, 0.05) is 34.7 Å². The number of methoxy groups -OCH3 is 1. The van der Waals surface area contributed by atoms with Crippen molar-refractivity contribution in [2.24, 2.45) is 0 Å². The number of hydrogen-bond acceptors (Lipinski definition) is 6. The topological polar surface area (TPSA) is 74.2 Å². The Hall–Kier alpha value is -3.81. The summed E-state index contributed by atoms with van der Waals surface area (Å²) in [5.41, 5.74) is 1.90. The van der Waals surface area contributed by atoms with Crippen molar-refractivity contribution < 1.29 is 37.6 Å². The Kier molecular flexibility index (Phi) is 5.73. The van der Waals surface area contributed by atoms with Gasteiger partial charge < -0.3 is 24.1 Å². The van der Waals surface area contributed by atoms with Crippen LogP contribution in [-0.4, -0.2) is 24.8 Å². The molecule has 1 heterocycles. The predicted molar refractivity (Wildman–Crippen MR) is 118 cm³/mol. The highest BCUT2D eigenvalue weighted by Crippen LogP contribution is 2.44. The zero-order valence-electron chi connectivity index (χ0n) is 18.3. The number of rotatable bonds is 6. The Balaban J connectivity index is 1.36. The SMILES string of the molecule is COC(=O)C[C@@H]1COc2cc(O[C@@H]3CCc4c(Oc5ccc(O)cc5F)ccc(F)c43)ccc21. The van der Waals surface area contributed by atoms with E-state index in [9.17, 15) is 18.7 Å². The monoisotopic (exact) mass is 468 g/mol. The van der Waals surface area contributed by atoms with Crippen molar-refractivity contribution in [3.05, 3.63) is 76.9 Å². The van der Waals surface area contributed by atoms with E-state index in [1.54, 1.807) is 12.1 Å². The maximum absolute atomic E-state index is 14.8. The summed E-state index contributed by atoms with van der Waals surface area (Å²) in [4.78, 5) is 11.6. The van der Waals surface area contributed by atoms with Crippen molar-refractivity contribution in [3.63, 3.8) is 0 Å². The van der Waals surface area contributed by atoms with Crippen molar-refractivity contribution in [2.45, 2.75) is 31.3 Å². The fourth-order valence-electron chi connectivity index (χ4n) is 4.49. The Labute approximate surface area is 194 Å². The number of phenolic OH excluding ortho intramolecular Hbond substituents is 1. The van der Waals surface area contributed by atoms with E-state index in [0.717, 1.165) is 11.6 Å². The van der Waals surface area contributed by atoms with Gasteiger partial charge in [0.05, 0.1) is 20.1 Å². The molecular weight excluding hydrogens is 446 g/mol. The molecule has 0 radical (unpaired) electrons. The van der Waals surface area contributed by atoms with Crippen LogP contribution in [0.2, 0.25) is 0 Å². The minimum atomic E-state index is -0.715. The Bertz CT molecular complexity index is 1260. The lowest BCUT2D eigenvalue weighted by atomic mass is 9.98. The van der Waals surface area contributed by atoms with Crippen LogP contribution in [-0.2, 0) is 16.0 Å². The van der Waals surface area contributed by atoms with Crippen molar-refractivity contribution >= 4 is 5.97 Å². The van der Waals surface area contributed by atoms with E-state index in [2.05, 4.69) is 0 Å². The van der Waals surface area contributed by atoms with Gasteiger partial charge in [0.25, 0.3) is 0 Å². The molecule has 0 saturated carbocycles. The van der Waals surface area contributed by atoms with Crippen LogP contribution in [0.1, 0.15) is 41.6 Å². The van der Waals surface area contributed by atoms with Crippen LogP contribution in [0.3, 0.4) is 0 Å². The van der Waals surface area contributed by atoms with E-state index in [0.29, 0.717) is 47.8 Å². The summed E-state index contributed by atoms with van der Waals surface area (Å²) in [5, 5.41) is 9.40. The Morgan fingerprint density at radius 3 is 2.71 bits per heavy atom. The number of fused-ring (bicyclic) bond motifs is 2. The molecule has 3 aromatic rings. The van der Waals surface area contributed by atoms with Crippen molar-refractivity contribution in [2.75, 3.05) is 13.7 Å². The molecule has 34 heavy (non-hydrogen) atoms. The third kappa shape index (κ3) is 4.11. The molecular formula is C26H22F2O6. The van der Waals surface area contributed by atoms with Crippen LogP contribution in [0.25, 0.3) is 0 Å². The fraction of sp³-hybridized carbons (Fsp3) is 0.269.